The quantitative estimate of drug-likeness (QED) is 0.775. The molecule has 0 radical (unpaired) electrons. The van der Waals surface area contributed by atoms with Gasteiger partial charge in [-0.25, -0.2) is 4.79 Å². The zero-order chi connectivity index (χ0) is 17.5. The van der Waals surface area contributed by atoms with Crippen molar-refractivity contribution in [3.63, 3.8) is 0 Å². The number of benzene rings is 1. The highest BCUT2D eigenvalue weighted by Crippen LogP contribution is 2.18. The number of carbonyl (C=O) groups excluding carboxylic acids is 2. The summed E-state index contributed by atoms with van der Waals surface area (Å²) in [5, 5.41) is 0. The lowest BCUT2D eigenvalue weighted by molar-refractivity contribution is -0.134. The van der Waals surface area contributed by atoms with Crippen molar-refractivity contribution in [2.24, 2.45) is 0 Å². The molecular weight excluding hydrogens is 308 g/mol. The molecule has 1 aromatic carbocycles. The molecule has 6 nitrogen and oxygen atoms in total. The molecule has 2 amide bonds. The lowest BCUT2D eigenvalue weighted by Crippen LogP contribution is -2.51. The summed E-state index contributed by atoms with van der Waals surface area (Å²) in [6, 6.07) is 5.86. The number of hydrogen-bond acceptors (Lipinski definition) is 4. The monoisotopic (exact) mass is 332 g/mol. The van der Waals surface area contributed by atoms with Gasteiger partial charge in [-0.1, -0.05) is 30.4 Å². The molecule has 0 aromatic heterocycles. The number of amides is 2. The highest BCUT2D eigenvalue weighted by atomic mass is 16.6. The van der Waals surface area contributed by atoms with Crippen molar-refractivity contribution < 1.29 is 19.1 Å². The molecule has 1 aromatic rings. The topological polar surface area (TPSA) is 59.1 Å². The SMILES string of the molecule is C=CCOC(=O)N1CCN(C(=O)COc2ccc(C)cc2C)CC1. The Morgan fingerprint density at radius 3 is 2.46 bits per heavy atom. The fraction of sp³-hybridized carbons (Fsp3) is 0.444. The Labute approximate surface area is 142 Å². The third kappa shape index (κ3) is 4.75. The molecule has 1 saturated heterocycles. The third-order valence-electron chi connectivity index (χ3n) is 3.90. The summed E-state index contributed by atoms with van der Waals surface area (Å²) in [5.41, 5.74) is 2.17. The first kappa shape index (κ1) is 17.8. The first-order valence-electron chi connectivity index (χ1n) is 8.01. The molecule has 1 aliphatic rings. The maximum absolute atomic E-state index is 12.3. The van der Waals surface area contributed by atoms with Gasteiger partial charge in [-0.05, 0) is 25.5 Å². The number of nitrogens with zero attached hydrogens (tertiary/aromatic N) is 2. The molecule has 6 heteroatoms. The van der Waals surface area contributed by atoms with E-state index in [0.29, 0.717) is 26.2 Å². The van der Waals surface area contributed by atoms with E-state index in [0.717, 1.165) is 16.9 Å². The number of aryl methyl sites for hydroxylation is 2. The molecule has 0 N–H and O–H groups in total. The van der Waals surface area contributed by atoms with Gasteiger partial charge in [0.1, 0.15) is 12.4 Å². The first-order valence-corrected chi connectivity index (χ1v) is 8.01. The molecular formula is C18H24N2O4. The lowest BCUT2D eigenvalue weighted by atomic mass is 10.1. The van der Waals surface area contributed by atoms with Crippen LogP contribution in [0, 0.1) is 13.8 Å². The summed E-state index contributed by atoms with van der Waals surface area (Å²) >= 11 is 0. The van der Waals surface area contributed by atoms with Crippen LogP contribution in [0.5, 0.6) is 5.75 Å². The van der Waals surface area contributed by atoms with Gasteiger partial charge in [-0.15, -0.1) is 0 Å². The summed E-state index contributed by atoms with van der Waals surface area (Å²) in [6.45, 7) is 9.58. The maximum Gasteiger partial charge on any atom is 0.410 e. The van der Waals surface area contributed by atoms with E-state index in [9.17, 15) is 9.59 Å². The number of rotatable bonds is 5. The zero-order valence-electron chi connectivity index (χ0n) is 14.3. The largest absolute Gasteiger partial charge is 0.484 e. The Hall–Kier alpha value is -2.50. The minimum atomic E-state index is -0.367. The highest BCUT2D eigenvalue weighted by molar-refractivity contribution is 5.78. The van der Waals surface area contributed by atoms with Crippen LogP contribution in [0.2, 0.25) is 0 Å². The first-order chi connectivity index (χ1) is 11.5. The van der Waals surface area contributed by atoms with Gasteiger partial charge in [0.15, 0.2) is 6.61 Å². The van der Waals surface area contributed by atoms with Gasteiger partial charge in [0.2, 0.25) is 0 Å². The van der Waals surface area contributed by atoms with E-state index in [1.165, 1.54) is 6.08 Å². The van der Waals surface area contributed by atoms with Gasteiger partial charge in [-0.3, -0.25) is 4.79 Å². The van der Waals surface area contributed by atoms with Gasteiger partial charge in [0.25, 0.3) is 5.91 Å². The second kappa shape index (κ2) is 8.38. The van der Waals surface area contributed by atoms with Crippen LogP contribution in [-0.4, -0.2) is 61.2 Å². The van der Waals surface area contributed by atoms with Crippen molar-refractivity contribution in [1.29, 1.82) is 0 Å². The van der Waals surface area contributed by atoms with Crippen LogP contribution in [0.1, 0.15) is 11.1 Å². The average molecular weight is 332 g/mol. The van der Waals surface area contributed by atoms with Gasteiger partial charge >= 0.3 is 6.09 Å². The van der Waals surface area contributed by atoms with E-state index < -0.39 is 0 Å². The lowest BCUT2D eigenvalue weighted by Gasteiger charge is -2.34. The van der Waals surface area contributed by atoms with E-state index in [4.69, 9.17) is 9.47 Å². The minimum absolute atomic E-state index is 0.00477. The summed E-state index contributed by atoms with van der Waals surface area (Å²) < 4.78 is 10.6. The van der Waals surface area contributed by atoms with Crippen LogP contribution in [-0.2, 0) is 9.53 Å². The summed E-state index contributed by atoms with van der Waals surface area (Å²) in [6.07, 6.45) is 1.16. The molecule has 2 rings (SSSR count). The second-order valence-corrected chi connectivity index (χ2v) is 5.79. The van der Waals surface area contributed by atoms with Gasteiger partial charge in [0, 0.05) is 26.2 Å². The molecule has 0 bridgehead atoms. The molecule has 1 aliphatic heterocycles. The summed E-state index contributed by atoms with van der Waals surface area (Å²) in [4.78, 5) is 27.3. The van der Waals surface area contributed by atoms with Crippen molar-refractivity contribution in [3.05, 3.63) is 42.0 Å². The minimum Gasteiger partial charge on any atom is -0.484 e. The number of ether oxygens (including phenoxy) is 2. The predicted octanol–water partition coefficient (Wildman–Crippen LogP) is 2.15. The normalized spacial score (nSPS) is 14.2. The van der Waals surface area contributed by atoms with Crippen LogP contribution < -0.4 is 4.74 Å². The molecule has 0 spiro atoms. The fourth-order valence-corrected chi connectivity index (χ4v) is 2.55. The zero-order valence-corrected chi connectivity index (χ0v) is 14.3. The van der Waals surface area contributed by atoms with Gasteiger partial charge in [-0.2, -0.15) is 0 Å². The van der Waals surface area contributed by atoms with E-state index >= 15 is 0 Å². The average Bonchev–Trinajstić information content (AvgIpc) is 2.58. The van der Waals surface area contributed by atoms with Crippen LogP contribution in [0.15, 0.2) is 30.9 Å². The van der Waals surface area contributed by atoms with Crippen LogP contribution in [0.3, 0.4) is 0 Å². The van der Waals surface area contributed by atoms with E-state index in [1.54, 1.807) is 9.80 Å². The molecule has 0 aliphatic carbocycles. The molecule has 130 valence electrons. The Balaban J connectivity index is 1.78. The van der Waals surface area contributed by atoms with Crippen LogP contribution in [0.4, 0.5) is 4.79 Å². The summed E-state index contributed by atoms with van der Waals surface area (Å²) in [5.74, 6) is 0.648. The van der Waals surface area contributed by atoms with Crippen molar-refractivity contribution in [2.75, 3.05) is 39.4 Å². The third-order valence-corrected chi connectivity index (χ3v) is 3.90. The number of hydrogen-bond donors (Lipinski definition) is 0. The standard InChI is InChI=1S/C18H24N2O4/c1-4-11-23-18(22)20-9-7-19(8-10-20)17(21)13-24-16-6-5-14(2)12-15(16)3/h4-6,12H,1,7-11,13H2,2-3H3. The summed E-state index contributed by atoms with van der Waals surface area (Å²) in [7, 11) is 0. The molecule has 24 heavy (non-hydrogen) atoms. The molecule has 0 atom stereocenters. The molecule has 0 saturated carbocycles. The molecule has 1 heterocycles. The Morgan fingerprint density at radius 2 is 1.83 bits per heavy atom. The maximum atomic E-state index is 12.3. The number of piperazine rings is 1. The van der Waals surface area contributed by atoms with Crippen molar-refractivity contribution >= 4 is 12.0 Å². The van der Waals surface area contributed by atoms with E-state index in [-0.39, 0.29) is 25.2 Å². The van der Waals surface area contributed by atoms with Crippen LogP contribution in [0.25, 0.3) is 0 Å². The van der Waals surface area contributed by atoms with Crippen molar-refractivity contribution in [3.8, 4) is 5.75 Å². The highest BCUT2D eigenvalue weighted by Gasteiger charge is 2.25. The van der Waals surface area contributed by atoms with Gasteiger partial charge in [0.05, 0.1) is 0 Å². The van der Waals surface area contributed by atoms with E-state index in [2.05, 4.69) is 6.58 Å². The smallest absolute Gasteiger partial charge is 0.410 e. The van der Waals surface area contributed by atoms with Crippen molar-refractivity contribution in [2.45, 2.75) is 13.8 Å². The Kier molecular flexibility index (Phi) is 6.23. The molecule has 1 fully saturated rings. The fourth-order valence-electron chi connectivity index (χ4n) is 2.55. The van der Waals surface area contributed by atoms with E-state index in [1.807, 2.05) is 32.0 Å². The predicted molar refractivity (Wildman–Crippen MR) is 91.1 cm³/mol. The second-order valence-electron chi connectivity index (χ2n) is 5.79. The molecule has 0 unspecified atom stereocenters. The van der Waals surface area contributed by atoms with Gasteiger partial charge < -0.3 is 19.3 Å². The van der Waals surface area contributed by atoms with Crippen molar-refractivity contribution in [1.82, 2.24) is 9.80 Å². The Morgan fingerprint density at radius 1 is 1.17 bits per heavy atom. The van der Waals surface area contributed by atoms with Crippen LogP contribution >= 0.6 is 0 Å². The number of carbonyl (C=O) groups is 2. The Bertz CT molecular complexity index is 607.